The van der Waals surface area contributed by atoms with Gasteiger partial charge >= 0.3 is 5.97 Å². The van der Waals surface area contributed by atoms with Crippen molar-refractivity contribution in [2.45, 2.75) is 6.42 Å². The number of carboxylic acids is 1. The van der Waals surface area contributed by atoms with Crippen LogP contribution in [-0.2, 0) is 4.79 Å². The lowest BCUT2D eigenvalue weighted by atomic mass is 10.1. The van der Waals surface area contributed by atoms with Crippen molar-refractivity contribution < 1.29 is 19.1 Å². The van der Waals surface area contributed by atoms with Crippen LogP contribution in [0.2, 0.25) is 0 Å². The van der Waals surface area contributed by atoms with Crippen molar-refractivity contribution in [3.05, 3.63) is 29.6 Å². The highest BCUT2D eigenvalue weighted by atomic mass is 19.1. The zero-order chi connectivity index (χ0) is 10.7. The molecule has 0 amide bonds. The van der Waals surface area contributed by atoms with Crippen molar-refractivity contribution in [3.8, 4) is 0 Å². The molecule has 4 nitrogen and oxygen atoms in total. The van der Waals surface area contributed by atoms with E-state index in [1.807, 2.05) is 0 Å². The fourth-order valence-electron chi connectivity index (χ4n) is 1.02. The molecule has 0 aliphatic carbocycles. The van der Waals surface area contributed by atoms with Crippen LogP contribution >= 0.6 is 0 Å². The number of ketones is 1. The molecule has 0 saturated carbocycles. The number of halogens is 1. The van der Waals surface area contributed by atoms with Crippen molar-refractivity contribution in [2.75, 3.05) is 5.73 Å². The fraction of sp³-hybridized carbons (Fsp3) is 0.111. The number of nitrogens with two attached hydrogens (primary N) is 1. The molecular weight excluding hydrogens is 189 g/mol. The molecule has 1 aromatic carbocycles. The van der Waals surface area contributed by atoms with Crippen LogP contribution in [0.25, 0.3) is 0 Å². The summed E-state index contributed by atoms with van der Waals surface area (Å²) in [6.07, 6.45) is -0.643. The topological polar surface area (TPSA) is 80.4 Å². The maximum atomic E-state index is 12.6. The third kappa shape index (κ3) is 2.29. The SMILES string of the molecule is Nc1cc(F)ccc1C(=O)CC(=O)O. The maximum Gasteiger partial charge on any atom is 0.311 e. The summed E-state index contributed by atoms with van der Waals surface area (Å²) in [6.45, 7) is 0. The Bertz CT molecular complexity index is 390. The van der Waals surface area contributed by atoms with Crippen LogP contribution in [0.15, 0.2) is 18.2 Å². The number of carbonyl (C=O) groups excluding carboxylic acids is 1. The van der Waals surface area contributed by atoms with Gasteiger partial charge in [0.1, 0.15) is 12.2 Å². The van der Waals surface area contributed by atoms with E-state index in [2.05, 4.69) is 0 Å². The Hall–Kier alpha value is -1.91. The second kappa shape index (κ2) is 3.87. The molecule has 0 radical (unpaired) electrons. The summed E-state index contributed by atoms with van der Waals surface area (Å²) in [5.74, 6) is -2.43. The van der Waals surface area contributed by atoms with Gasteiger partial charge in [0.25, 0.3) is 0 Å². The van der Waals surface area contributed by atoms with Crippen molar-refractivity contribution in [2.24, 2.45) is 0 Å². The molecule has 0 bridgehead atoms. The van der Waals surface area contributed by atoms with Gasteiger partial charge in [-0.3, -0.25) is 9.59 Å². The molecular formula is C9H8FNO3. The molecule has 0 aliphatic heterocycles. The molecule has 0 atom stereocenters. The Balaban J connectivity index is 2.96. The number of anilines is 1. The van der Waals surface area contributed by atoms with Gasteiger partial charge in [-0.1, -0.05) is 0 Å². The van der Waals surface area contributed by atoms with Crippen molar-refractivity contribution in [1.29, 1.82) is 0 Å². The number of benzene rings is 1. The zero-order valence-corrected chi connectivity index (χ0v) is 7.16. The fourth-order valence-corrected chi connectivity index (χ4v) is 1.02. The molecule has 3 N–H and O–H groups in total. The van der Waals surface area contributed by atoms with E-state index in [0.29, 0.717) is 0 Å². The average molecular weight is 197 g/mol. The number of carboxylic acid groups (broad SMARTS) is 1. The van der Waals surface area contributed by atoms with Crippen molar-refractivity contribution in [3.63, 3.8) is 0 Å². The minimum absolute atomic E-state index is 0.0359. The Morgan fingerprint density at radius 3 is 2.57 bits per heavy atom. The van der Waals surface area contributed by atoms with Crippen LogP contribution in [0.1, 0.15) is 16.8 Å². The highest BCUT2D eigenvalue weighted by Crippen LogP contribution is 2.15. The van der Waals surface area contributed by atoms with Crippen LogP contribution in [0, 0.1) is 5.82 Å². The number of hydrogen-bond acceptors (Lipinski definition) is 3. The summed E-state index contributed by atoms with van der Waals surface area (Å²) in [5, 5.41) is 8.35. The van der Waals surface area contributed by atoms with E-state index < -0.39 is 24.0 Å². The van der Waals surface area contributed by atoms with Gasteiger partial charge in [-0.25, -0.2) is 4.39 Å². The van der Waals surface area contributed by atoms with Crippen molar-refractivity contribution in [1.82, 2.24) is 0 Å². The molecule has 0 aromatic heterocycles. The molecule has 0 saturated heterocycles. The van der Waals surface area contributed by atoms with Gasteiger partial charge in [0.15, 0.2) is 5.78 Å². The Morgan fingerprint density at radius 1 is 1.43 bits per heavy atom. The lowest BCUT2D eigenvalue weighted by molar-refractivity contribution is -0.135. The highest BCUT2D eigenvalue weighted by Gasteiger charge is 2.13. The quantitative estimate of drug-likeness (QED) is 0.431. The van der Waals surface area contributed by atoms with Gasteiger partial charge < -0.3 is 10.8 Å². The number of aliphatic carboxylic acids is 1. The maximum absolute atomic E-state index is 12.6. The van der Waals surface area contributed by atoms with Crippen LogP contribution < -0.4 is 5.73 Å². The largest absolute Gasteiger partial charge is 0.481 e. The summed E-state index contributed by atoms with van der Waals surface area (Å²) in [5.41, 5.74) is 5.34. The van der Waals surface area contributed by atoms with Crippen LogP contribution in [0.3, 0.4) is 0 Å². The van der Waals surface area contributed by atoms with Gasteiger partial charge in [-0.2, -0.15) is 0 Å². The first-order chi connectivity index (χ1) is 6.50. The number of Topliss-reactive ketones (excluding diaryl/α,β-unsaturated/α-hetero) is 1. The monoisotopic (exact) mass is 197 g/mol. The minimum Gasteiger partial charge on any atom is -0.481 e. The normalized spacial score (nSPS) is 9.79. The highest BCUT2D eigenvalue weighted by molar-refractivity contribution is 6.08. The summed E-state index contributed by atoms with van der Waals surface area (Å²) in [7, 11) is 0. The predicted molar refractivity (Wildman–Crippen MR) is 47.4 cm³/mol. The number of nitrogen functional groups attached to an aromatic ring is 1. The summed E-state index contributed by atoms with van der Waals surface area (Å²) in [6, 6.07) is 3.22. The van der Waals surface area contributed by atoms with Crippen LogP contribution in [0.4, 0.5) is 10.1 Å². The number of rotatable bonds is 3. The van der Waals surface area contributed by atoms with Gasteiger partial charge in [0.2, 0.25) is 0 Å². The summed E-state index contributed by atoms with van der Waals surface area (Å²) >= 11 is 0. The van der Waals surface area contributed by atoms with E-state index in [1.165, 1.54) is 6.07 Å². The van der Waals surface area contributed by atoms with E-state index in [9.17, 15) is 14.0 Å². The van der Waals surface area contributed by atoms with Gasteiger partial charge in [-0.15, -0.1) is 0 Å². The first-order valence-electron chi connectivity index (χ1n) is 3.80. The van der Waals surface area contributed by atoms with Gasteiger partial charge in [0.05, 0.1) is 0 Å². The summed E-state index contributed by atoms with van der Waals surface area (Å²) < 4.78 is 12.6. The van der Waals surface area contributed by atoms with Crippen LogP contribution in [-0.4, -0.2) is 16.9 Å². The van der Waals surface area contributed by atoms with E-state index >= 15 is 0 Å². The first kappa shape index (κ1) is 10.2. The minimum atomic E-state index is -1.24. The van der Waals surface area contributed by atoms with Crippen LogP contribution in [0.5, 0.6) is 0 Å². The first-order valence-corrected chi connectivity index (χ1v) is 3.80. The predicted octanol–water partition coefficient (Wildman–Crippen LogP) is 1.07. The lowest BCUT2D eigenvalue weighted by Crippen LogP contribution is -2.09. The molecule has 0 unspecified atom stereocenters. The second-order valence-corrected chi connectivity index (χ2v) is 2.73. The van der Waals surface area contributed by atoms with Gasteiger partial charge in [-0.05, 0) is 18.2 Å². The molecule has 0 fully saturated rings. The second-order valence-electron chi connectivity index (χ2n) is 2.73. The molecule has 0 aliphatic rings. The molecule has 74 valence electrons. The lowest BCUT2D eigenvalue weighted by Gasteiger charge is -2.02. The third-order valence-corrected chi connectivity index (χ3v) is 1.63. The Kier molecular flexibility index (Phi) is 2.81. The Morgan fingerprint density at radius 2 is 2.07 bits per heavy atom. The van der Waals surface area contributed by atoms with E-state index in [-0.39, 0.29) is 11.3 Å². The third-order valence-electron chi connectivity index (χ3n) is 1.63. The summed E-state index contributed by atoms with van der Waals surface area (Å²) in [4.78, 5) is 21.4. The molecule has 14 heavy (non-hydrogen) atoms. The van der Waals surface area contributed by atoms with Crippen molar-refractivity contribution >= 4 is 17.4 Å². The van der Waals surface area contributed by atoms with E-state index in [1.54, 1.807) is 0 Å². The zero-order valence-electron chi connectivity index (χ0n) is 7.16. The van der Waals surface area contributed by atoms with E-state index in [0.717, 1.165) is 12.1 Å². The smallest absolute Gasteiger partial charge is 0.311 e. The average Bonchev–Trinajstić information content (AvgIpc) is 2.01. The molecule has 1 rings (SSSR count). The van der Waals surface area contributed by atoms with E-state index in [4.69, 9.17) is 10.8 Å². The van der Waals surface area contributed by atoms with Gasteiger partial charge in [0, 0.05) is 11.3 Å². The molecule has 0 heterocycles. The molecule has 1 aromatic rings. The number of hydrogen-bond donors (Lipinski definition) is 2. The molecule has 5 heteroatoms. The molecule has 0 spiro atoms. The Labute approximate surface area is 79.1 Å². The number of carbonyl (C=O) groups is 2. The standard InChI is InChI=1S/C9H8FNO3/c10-5-1-2-6(7(11)3-5)8(12)4-9(13)14/h1-3H,4,11H2,(H,13,14).